The van der Waals surface area contributed by atoms with Crippen molar-refractivity contribution in [2.45, 2.75) is 33.0 Å². The molecule has 0 radical (unpaired) electrons. The first-order chi connectivity index (χ1) is 10.1. The van der Waals surface area contributed by atoms with Gasteiger partial charge in [0.15, 0.2) is 0 Å². The van der Waals surface area contributed by atoms with E-state index in [4.69, 9.17) is 10.5 Å². The van der Waals surface area contributed by atoms with E-state index in [-0.39, 0.29) is 5.82 Å². The minimum absolute atomic E-state index is 0.158. The van der Waals surface area contributed by atoms with Crippen LogP contribution in [0.25, 0.3) is 10.1 Å². The number of hydrogen-bond acceptors (Lipinski definition) is 4. The molecular weight excluding hydrogens is 287 g/mol. The van der Waals surface area contributed by atoms with E-state index in [1.165, 1.54) is 6.07 Å². The number of methoxy groups -OCH3 is 1. The number of hydrogen-bond donors (Lipinski definition) is 1. The van der Waals surface area contributed by atoms with Crippen molar-refractivity contribution in [1.29, 1.82) is 0 Å². The highest BCUT2D eigenvalue weighted by molar-refractivity contribution is 7.19. The Bertz CT molecular complexity index is 597. The maximum absolute atomic E-state index is 14.2. The van der Waals surface area contributed by atoms with Gasteiger partial charge in [0, 0.05) is 47.7 Å². The Morgan fingerprint density at radius 1 is 1.38 bits per heavy atom. The van der Waals surface area contributed by atoms with Gasteiger partial charge in [0.25, 0.3) is 0 Å². The lowest BCUT2D eigenvalue weighted by molar-refractivity contribution is 0.125. The number of halogens is 1. The van der Waals surface area contributed by atoms with Gasteiger partial charge in [0.2, 0.25) is 0 Å². The third kappa shape index (κ3) is 3.61. The van der Waals surface area contributed by atoms with Crippen LogP contribution < -0.4 is 5.73 Å². The van der Waals surface area contributed by atoms with Crippen molar-refractivity contribution in [2.24, 2.45) is 5.73 Å². The molecule has 1 aromatic heterocycles. The fraction of sp³-hybridized carbons (Fsp3) is 0.500. The van der Waals surface area contributed by atoms with Crippen LogP contribution in [0.3, 0.4) is 0 Å². The summed E-state index contributed by atoms with van der Waals surface area (Å²) in [5.74, 6) is -0.158. The number of benzene rings is 1. The van der Waals surface area contributed by atoms with Crippen molar-refractivity contribution in [3.8, 4) is 0 Å². The number of thiophene rings is 1. The van der Waals surface area contributed by atoms with Crippen LogP contribution in [-0.2, 0) is 17.8 Å². The lowest BCUT2D eigenvalue weighted by Gasteiger charge is -2.26. The molecule has 2 aromatic rings. The van der Waals surface area contributed by atoms with Crippen molar-refractivity contribution in [1.82, 2.24) is 4.90 Å². The minimum Gasteiger partial charge on any atom is -0.383 e. The van der Waals surface area contributed by atoms with Crippen molar-refractivity contribution in [2.75, 3.05) is 20.3 Å². The molecule has 3 nitrogen and oxygen atoms in total. The summed E-state index contributed by atoms with van der Waals surface area (Å²) < 4.78 is 20.4. The smallest absolute Gasteiger partial charge is 0.132 e. The van der Waals surface area contributed by atoms with Crippen LogP contribution in [0, 0.1) is 5.82 Å². The van der Waals surface area contributed by atoms with Crippen LogP contribution >= 0.6 is 11.3 Å². The molecule has 21 heavy (non-hydrogen) atoms. The van der Waals surface area contributed by atoms with Gasteiger partial charge in [-0.2, -0.15) is 0 Å². The van der Waals surface area contributed by atoms with Gasteiger partial charge in [-0.25, -0.2) is 4.39 Å². The van der Waals surface area contributed by atoms with Gasteiger partial charge in [0.1, 0.15) is 5.82 Å². The first-order valence-corrected chi connectivity index (χ1v) is 8.02. The van der Waals surface area contributed by atoms with E-state index in [1.807, 2.05) is 6.07 Å². The molecule has 0 aliphatic carbocycles. The molecule has 116 valence electrons. The Balaban J connectivity index is 2.39. The van der Waals surface area contributed by atoms with Crippen LogP contribution in [0.5, 0.6) is 0 Å². The van der Waals surface area contributed by atoms with E-state index >= 15 is 0 Å². The molecule has 0 bridgehead atoms. The predicted octanol–water partition coefficient (Wildman–Crippen LogP) is 3.36. The second-order valence-corrected chi connectivity index (χ2v) is 6.51. The average molecular weight is 310 g/mol. The first-order valence-electron chi connectivity index (χ1n) is 7.20. The highest BCUT2D eigenvalue weighted by Crippen LogP contribution is 2.34. The molecule has 2 N–H and O–H groups in total. The maximum atomic E-state index is 14.2. The van der Waals surface area contributed by atoms with Gasteiger partial charge in [-0.05, 0) is 31.5 Å². The third-order valence-electron chi connectivity index (χ3n) is 3.71. The van der Waals surface area contributed by atoms with Gasteiger partial charge >= 0.3 is 0 Å². The Morgan fingerprint density at radius 3 is 2.76 bits per heavy atom. The van der Waals surface area contributed by atoms with E-state index in [9.17, 15) is 4.39 Å². The summed E-state index contributed by atoms with van der Waals surface area (Å²) in [6.45, 7) is 6.93. The van der Waals surface area contributed by atoms with Crippen LogP contribution in [-0.4, -0.2) is 31.2 Å². The van der Waals surface area contributed by atoms with Gasteiger partial charge in [-0.3, -0.25) is 4.90 Å². The summed E-state index contributed by atoms with van der Waals surface area (Å²) in [7, 11) is 1.70. The molecular formula is C16H23FN2OS. The number of rotatable bonds is 7. The normalized spacial score (nSPS) is 12.0. The highest BCUT2D eigenvalue weighted by atomic mass is 32.1. The van der Waals surface area contributed by atoms with Crippen molar-refractivity contribution < 1.29 is 9.13 Å². The van der Waals surface area contributed by atoms with E-state index in [0.717, 1.165) is 27.1 Å². The second kappa shape index (κ2) is 7.31. The molecule has 0 atom stereocenters. The van der Waals surface area contributed by atoms with Crippen molar-refractivity contribution in [3.05, 3.63) is 34.5 Å². The molecule has 5 heteroatoms. The summed E-state index contributed by atoms with van der Waals surface area (Å²) >= 11 is 1.59. The van der Waals surface area contributed by atoms with Crippen LogP contribution in [0.1, 0.15) is 24.3 Å². The second-order valence-electron chi connectivity index (χ2n) is 5.38. The number of nitrogens with zero attached hydrogens (tertiary/aromatic N) is 1. The molecule has 0 saturated heterocycles. The van der Waals surface area contributed by atoms with Crippen LogP contribution in [0.2, 0.25) is 0 Å². The number of ether oxygens (including phenoxy) is 1. The monoisotopic (exact) mass is 310 g/mol. The molecule has 0 saturated carbocycles. The zero-order valence-electron chi connectivity index (χ0n) is 12.9. The summed E-state index contributed by atoms with van der Waals surface area (Å²) in [6.07, 6.45) is 0. The summed E-state index contributed by atoms with van der Waals surface area (Å²) in [4.78, 5) is 3.36. The molecule has 1 heterocycles. The SMILES string of the molecule is COCCN(Cc1c(CN)sc2cccc(F)c12)C(C)C. The van der Waals surface area contributed by atoms with E-state index in [2.05, 4.69) is 18.7 Å². The third-order valence-corrected chi connectivity index (χ3v) is 4.93. The van der Waals surface area contributed by atoms with Crippen molar-refractivity contribution in [3.63, 3.8) is 0 Å². The Hall–Kier alpha value is -1.01. The summed E-state index contributed by atoms with van der Waals surface area (Å²) in [5, 5.41) is 0.728. The zero-order valence-corrected chi connectivity index (χ0v) is 13.7. The first kappa shape index (κ1) is 16.4. The fourth-order valence-electron chi connectivity index (χ4n) is 2.48. The van der Waals surface area contributed by atoms with E-state index < -0.39 is 0 Å². The summed E-state index contributed by atoms with van der Waals surface area (Å²) in [5.41, 5.74) is 6.89. The minimum atomic E-state index is -0.158. The van der Waals surface area contributed by atoms with Gasteiger partial charge < -0.3 is 10.5 Å². The molecule has 0 aliphatic rings. The molecule has 0 unspecified atom stereocenters. The molecule has 0 amide bonds. The Labute approximate surface area is 129 Å². The van der Waals surface area contributed by atoms with Gasteiger partial charge in [-0.1, -0.05) is 6.07 Å². The fourth-order valence-corrected chi connectivity index (χ4v) is 3.59. The molecule has 0 fully saturated rings. The highest BCUT2D eigenvalue weighted by Gasteiger charge is 2.18. The summed E-state index contributed by atoms with van der Waals surface area (Å²) in [6, 6.07) is 5.60. The molecule has 0 spiro atoms. The molecule has 0 aliphatic heterocycles. The number of fused-ring (bicyclic) bond motifs is 1. The van der Waals surface area contributed by atoms with Crippen LogP contribution in [0.15, 0.2) is 18.2 Å². The topological polar surface area (TPSA) is 38.5 Å². The predicted molar refractivity (Wildman–Crippen MR) is 87.1 cm³/mol. The average Bonchev–Trinajstić information content (AvgIpc) is 2.82. The Kier molecular flexibility index (Phi) is 5.70. The van der Waals surface area contributed by atoms with Crippen LogP contribution in [0.4, 0.5) is 4.39 Å². The van der Waals surface area contributed by atoms with E-state index in [0.29, 0.717) is 25.7 Å². The zero-order chi connectivity index (χ0) is 15.4. The van der Waals surface area contributed by atoms with Gasteiger partial charge in [0.05, 0.1) is 6.61 Å². The quantitative estimate of drug-likeness (QED) is 0.852. The Morgan fingerprint density at radius 2 is 2.14 bits per heavy atom. The lowest BCUT2D eigenvalue weighted by Crippen LogP contribution is -2.33. The molecule has 1 aromatic carbocycles. The van der Waals surface area contributed by atoms with Gasteiger partial charge in [-0.15, -0.1) is 11.3 Å². The standard InChI is InChI=1S/C16H23FN2OS/c1-11(2)19(7-8-20-3)10-12-15(9-18)21-14-6-4-5-13(17)16(12)14/h4-6,11H,7-10,18H2,1-3H3. The molecule has 2 rings (SSSR count). The number of nitrogens with two attached hydrogens (primary N) is 1. The lowest BCUT2D eigenvalue weighted by atomic mass is 10.1. The van der Waals surface area contributed by atoms with E-state index in [1.54, 1.807) is 24.5 Å². The van der Waals surface area contributed by atoms with Crippen molar-refractivity contribution >= 4 is 21.4 Å². The largest absolute Gasteiger partial charge is 0.383 e. The maximum Gasteiger partial charge on any atom is 0.132 e.